The number of thioether (sulfide) groups is 1. The molecular formula is C13H22N2O2S2. The lowest BCUT2D eigenvalue weighted by Gasteiger charge is -2.19. The molecule has 108 valence electrons. The summed E-state index contributed by atoms with van der Waals surface area (Å²) in [6.07, 6.45) is 0.483. The Morgan fingerprint density at radius 1 is 1.58 bits per heavy atom. The lowest BCUT2D eigenvalue weighted by atomic mass is 10.1. The molecule has 6 heteroatoms. The van der Waals surface area contributed by atoms with Crippen LogP contribution in [-0.2, 0) is 10.5 Å². The number of hydrogen-bond donors (Lipinski definition) is 2. The third kappa shape index (κ3) is 6.40. The molecular weight excluding hydrogens is 280 g/mol. The Labute approximate surface area is 123 Å². The first-order chi connectivity index (χ1) is 9.02. The van der Waals surface area contributed by atoms with Gasteiger partial charge in [0.25, 0.3) is 0 Å². The summed E-state index contributed by atoms with van der Waals surface area (Å²) in [5.41, 5.74) is 1.09. The van der Waals surface area contributed by atoms with E-state index in [1.807, 2.05) is 20.8 Å². The van der Waals surface area contributed by atoms with Crippen LogP contribution in [0.5, 0.6) is 0 Å². The van der Waals surface area contributed by atoms with Gasteiger partial charge in [-0.1, -0.05) is 13.8 Å². The van der Waals surface area contributed by atoms with Gasteiger partial charge >= 0.3 is 0 Å². The molecule has 1 rings (SSSR count). The average Bonchev–Trinajstić information content (AvgIpc) is 2.77. The summed E-state index contributed by atoms with van der Waals surface area (Å²) in [4.78, 5) is 16.1. The molecule has 0 saturated heterocycles. The maximum atomic E-state index is 11.7. The number of rotatable bonds is 8. The summed E-state index contributed by atoms with van der Waals surface area (Å²) in [7, 11) is 0. The number of carbonyl (C=O) groups excluding carboxylic acids is 1. The van der Waals surface area contributed by atoms with Crippen molar-refractivity contribution in [1.82, 2.24) is 10.3 Å². The van der Waals surface area contributed by atoms with Crippen molar-refractivity contribution in [2.24, 2.45) is 5.92 Å². The van der Waals surface area contributed by atoms with Crippen LogP contribution in [-0.4, -0.2) is 34.4 Å². The first kappa shape index (κ1) is 16.5. The van der Waals surface area contributed by atoms with Gasteiger partial charge in [-0.15, -0.1) is 11.3 Å². The van der Waals surface area contributed by atoms with Crippen LogP contribution in [0.25, 0.3) is 0 Å². The molecule has 0 bridgehead atoms. The van der Waals surface area contributed by atoms with E-state index in [0.29, 0.717) is 6.42 Å². The highest BCUT2D eigenvalue weighted by Gasteiger charge is 2.14. The largest absolute Gasteiger partial charge is 0.394 e. The van der Waals surface area contributed by atoms with Gasteiger partial charge in [-0.25, -0.2) is 4.98 Å². The van der Waals surface area contributed by atoms with Crippen molar-refractivity contribution < 1.29 is 9.90 Å². The van der Waals surface area contributed by atoms with Crippen LogP contribution < -0.4 is 5.32 Å². The molecule has 0 aliphatic rings. The molecule has 0 fully saturated rings. The first-order valence-corrected chi connectivity index (χ1v) is 8.45. The molecule has 1 atom stereocenters. The van der Waals surface area contributed by atoms with Crippen molar-refractivity contribution in [2.45, 2.75) is 39.0 Å². The van der Waals surface area contributed by atoms with Gasteiger partial charge in [-0.3, -0.25) is 4.79 Å². The lowest BCUT2D eigenvalue weighted by Crippen LogP contribution is -2.41. The van der Waals surface area contributed by atoms with Gasteiger partial charge < -0.3 is 10.4 Å². The summed E-state index contributed by atoms with van der Waals surface area (Å²) < 4.78 is 0. The van der Waals surface area contributed by atoms with E-state index < -0.39 is 0 Å². The van der Waals surface area contributed by atoms with E-state index in [4.69, 9.17) is 5.11 Å². The predicted molar refractivity (Wildman–Crippen MR) is 81.5 cm³/mol. The highest BCUT2D eigenvalue weighted by molar-refractivity contribution is 7.98. The monoisotopic (exact) mass is 302 g/mol. The molecule has 19 heavy (non-hydrogen) atoms. The minimum atomic E-state index is -0.140. The van der Waals surface area contributed by atoms with E-state index in [2.05, 4.69) is 15.7 Å². The summed E-state index contributed by atoms with van der Waals surface area (Å²) >= 11 is 3.36. The zero-order valence-corrected chi connectivity index (χ0v) is 13.3. The van der Waals surface area contributed by atoms with Gasteiger partial charge in [0.1, 0.15) is 0 Å². The van der Waals surface area contributed by atoms with E-state index in [1.54, 1.807) is 23.1 Å². The number of thiazole rings is 1. The number of aliphatic hydroxyl groups excluding tert-OH is 1. The molecule has 1 amide bonds. The SMILES string of the molecule is Cc1nc(CSCCC(=O)NC(CO)C(C)C)cs1. The van der Waals surface area contributed by atoms with Crippen LogP contribution in [0, 0.1) is 12.8 Å². The van der Waals surface area contributed by atoms with Crippen LogP contribution in [0.4, 0.5) is 0 Å². The predicted octanol–water partition coefficient (Wildman–Crippen LogP) is 2.21. The Kier molecular flexibility index (Phi) is 7.41. The van der Waals surface area contributed by atoms with Crippen molar-refractivity contribution in [2.75, 3.05) is 12.4 Å². The minimum Gasteiger partial charge on any atom is -0.394 e. The van der Waals surface area contributed by atoms with Gasteiger partial charge in [0.15, 0.2) is 0 Å². The number of aliphatic hydroxyl groups is 1. The Hall–Kier alpha value is -0.590. The zero-order valence-electron chi connectivity index (χ0n) is 11.7. The molecule has 1 aromatic rings. The summed E-state index contributed by atoms with van der Waals surface area (Å²) in [6, 6.07) is -0.140. The Bertz CT molecular complexity index is 394. The topological polar surface area (TPSA) is 62.2 Å². The van der Waals surface area contributed by atoms with Crippen LogP contribution in [0.15, 0.2) is 5.38 Å². The number of hydrogen-bond acceptors (Lipinski definition) is 5. The molecule has 2 N–H and O–H groups in total. The van der Waals surface area contributed by atoms with Crippen molar-refractivity contribution in [3.05, 3.63) is 16.1 Å². The molecule has 0 aromatic carbocycles. The molecule has 4 nitrogen and oxygen atoms in total. The second kappa shape index (κ2) is 8.55. The van der Waals surface area contributed by atoms with Gasteiger partial charge in [0.05, 0.1) is 23.4 Å². The molecule has 0 saturated carbocycles. The van der Waals surface area contributed by atoms with Crippen molar-refractivity contribution in [3.8, 4) is 0 Å². The molecule has 0 radical (unpaired) electrons. The highest BCUT2D eigenvalue weighted by Crippen LogP contribution is 2.15. The average molecular weight is 302 g/mol. The minimum absolute atomic E-state index is 0.00531. The number of amides is 1. The van der Waals surface area contributed by atoms with Crippen LogP contribution in [0.1, 0.15) is 31.0 Å². The molecule has 0 spiro atoms. The Morgan fingerprint density at radius 3 is 2.84 bits per heavy atom. The van der Waals surface area contributed by atoms with Gasteiger partial charge in [-0.05, 0) is 12.8 Å². The molecule has 0 aliphatic heterocycles. The van der Waals surface area contributed by atoms with E-state index in [1.165, 1.54) is 0 Å². The highest BCUT2D eigenvalue weighted by atomic mass is 32.2. The van der Waals surface area contributed by atoms with Crippen molar-refractivity contribution >= 4 is 29.0 Å². The summed E-state index contributed by atoms with van der Waals surface area (Å²) in [5.74, 6) is 1.89. The fourth-order valence-corrected chi connectivity index (χ4v) is 3.07. The van der Waals surface area contributed by atoms with E-state index >= 15 is 0 Å². The maximum Gasteiger partial charge on any atom is 0.221 e. The van der Waals surface area contributed by atoms with Crippen LogP contribution >= 0.6 is 23.1 Å². The third-order valence-corrected chi connectivity index (χ3v) is 4.55. The number of aryl methyl sites for hydroxylation is 1. The molecule has 1 aromatic heterocycles. The molecule has 1 heterocycles. The van der Waals surface area contributed by atoms with Gasteiger partial charge in [-0.2, -0.15) is 11.8 Å². The fraction of sp³-hybridized carbons (Fsp3) is 0.692. The quantitative estimate of drug-likeness (QED) is 0.723. The number of nitrogens with one attached hydrogen (secondary N) is 1. The van der Waals surface area contributed by atoms with E-state index in [9.17, 15) is 4.79 Å². The lowest BCUT2D eigenvalue weighted by molar-refractivity contribution is -0.122. The number of aromatic nitrogens is 1. The fourth-order valence-electron chi connectivity index (χ4n) is 1.52. The van der Waals surface area contributed by atoms with Crippen LogP contribution in [0.2, 0.25) is 0 Å². The van der Waals surface area contributed by atoms with E-state index in [0.717, 1.165) is 22.2 Å². The standard InChI is InChI=1S/C13H22N2O2S2/c1-9(2)12(6-16)15-13(17)4-5-18-7-11-8-19-10(3)14-11/h8-9,12,16H,4-7H2,1-3H3,(H,15,17). The smallest absolute Gasteiger partial charge is 0.221 e. The van der Waals surface area contributed by atoms with Crippen molar-refractivity contribution in [1.29, 1.82) is 0 Å². The zero-order chi connectivity index (χ0) is 14.3. The second-order valence-electron chi connectivity index (χ2n) is 4.76. The second-order valence-corrected chi connectivity index (χ2v) is 6.93. The Balaban J connectivity index is 2.16. The molecule has 1 unspecified atom stereocenters. The summed E-state index contributed by atoms with van der Waals surface area (Å²) in [5, 5.41) is 15.1. The first-order valence-electron chi connectivity index (χ1n) is 6.42. The van der Waals surface area contributed by atoms with E-state index in [-0.39, 0.29) is 24.5 Å². The van der Waals surface area contributed by atoms with Crippen molar-refractivity contribution in [3.63, 3.8) is 0 Å². The third-order valence-electron chi connectivity index (χ3n) is 2.74. The van der Waals surface area contributed by atoms with Gasteiger partial charge in [0.2, 0.25) is 5.91 Å². The maximum absolute atomic E-state index is 11.7. The Morgan fingerprint density at radius 2 is 2.32 bits per heavy atom. The normalized spacial score (nSPS) is 12.7. The molecule has 0 aliphatic carbocycles. The summed E-state index contributed by atoms with van der Waals surface area (Å²) in [6.45, 7) is 5.96. The number of carbonyl (C=O) groups is 1. The van der Waals surface area contributed by atoms with Crippen LogP contribution in [0.3, 0.4) is 0 Å². The van der Waals surface area contributed by atoms with Gasteiger partial charge in [0, 0.05) is 23.3 Å². The number of nitrogens with zero attached hydrogens (tertiary/aromatic N) is 1.